The Kier molecular flexibility index (Phi) is 3.76. The van der Waals surface area contributed by atoms with E-state index in [1.807, 2.05) is 0 Å². The highest BCUT2D eigenvalue weighted by Crippen LogP contribution is 2.62. The van der Waals surface area contributed by atoms with Crippen LogP contribution in [0.5, 0.6) is 5.75 Å². The van der Waals surface area contributed by atoms with Crippen molar-refractivity contribution in [1.29, 1.82) is 0 Å². The molecule has 3 atom stereocenters. The van der Waals surface area contributed by atoms with Crippen LogP contribution in [0.25, 0.3) is 0 Å². The maximum Gasteiger partial charge on any atom is 0.122 e. The molecule has 0 radical (unpaired) electrons. The summed E-state index contributed by atoms with van der Waals surface area (Å²) in [4.78, 5) is 0. The number of ether oxygens (including phenoxy) is 3. The number of phenolic OH excluding ortho intramolecular Hbond substituents is 1. The summed E-state index contributed by atoms with van der Waals surface area (Å²) in [5.74, 6) is 3.29. The first-order valence-electron chi connectivity index (χ1n) is 11.9. The number of aromatic hydroxyl groups is 1. The van der Waals surface area contributed by atoms with Gasteiger partial charge in [-0.1, -0.05) is 6.07 Å². The summed E-state index contributed by atoms with van der Waals surface area (Å²) < 4.78 is 16.8. The Morgan fingerprint density at radius 1 is 0.759 bits per heavy atom. The molecule has 7 fully saturated rings. The van der Waals surface area contributed by atoms with E-state index in [9.17, 15) is 5.11 Å². The lowest BCUT2D eigenvalue weighted by Crippen LogP contribution is -2.49. The molecular formula is C25H32O4. The van der Waals surface area contributed by atoms with Gasteiger partial charge in [0.05, 0.1) is 38.1 Å². The Hall–Kier alpha value is -1.10. The smallest absolute Gasteiger partial charge is 0.122 e. The van der Waals surface area contributed by atoms with Gasteiger partial charge in [0.1, 0.15) is 5.75 Å². The summed E-state index contributed by atoms with van der Waals surface area (Å²) in [6.07, 6.45) is 12.1. The van der Waals surface area contributed by atoms with Crippen molar-refractivity contribution in [1.82, 2.24) is 0 Å². The lowest BCUT2D eigenvalue weighted by atomic mass is 9.47. The van der Waals surface area contributed by atoms with Crippen LogP contribution in [0.1, 0.15) is 60.8 Å². The molecule has 1 aromatic rings. The Balaban J connectivity index is 1.37. The third-order valence-electron chi connectivity index (χ3n) is 8.73. The summed E-state index contributed by atoms with van der Waals surface area (Å²) in [5, 5.41) is 11.3. The molecule has 0 amide bonds. The largest absolute Gasteiger partial charge is 0.507 e. The molecular weight excluding hydrogens is 364 g/mol. The van der Waals surface area contributed by atoms with Crippen molar-refractivity contribution >= 4 is 0 Å². The summed E-state index contributed by atoms with van der Waals surface area (Å²) in [5.41, 5.74) is 5.63. The van der Waals surface area contributed by atoms with Crippen LogP contribution in [-0.4, -0.2) is 43.2 Å². The van der Waals surface area contributed by atoms with Gasteiger partial charge in [0.2, 0.25) is 0 Å². The lowest BCUT2D eigenvalue weighted by molar-refractivity contribution is -0.00570. The van der Waals surface area contributed by atoms with Gasteiger partial charge in [0.25, 0.3) is 0 Å². The molecule has 3 heterocycles. The molecule has 1 N–H and O–H groups in total. The van der Waals surface area contributed by atoms with E-state index in [1.54, 1.807) is 5.56 Å². The molecule has 3 saturated heterocycles. The number of rotatable bonds is 7. The van der Waals surface area contributed by atoms with Crippen molar-refractivity contribution in [2.24, 2.45) is 17.8 Å². The van der Waals surface area contributed by atoms with Crippen LogP contribution in [0.2, 0.25) is 0 Å². The first kappa shape index (κ1) is 17.6. The van der Waals surface area contributed by atoms with Crippen LogP contribution in [0, 0.1) is 17.8 Å². The topological polar surface area (TPSA) is 57.8 Å². The number of phenols is 1. The van der Waals surface area contributed by atoms with Gasteiger partial charge in [-0.2, -0.15) is 0 Å². The second-order valence-electron chi connectivity index (χ2n) is 11.1. The summed E-state index contributed by atoms with van der Waals surface area (Å²) in [6, 6.07) is 2.42. The van der Waals surface area contributed by atoms with E-state index in [-0.39, 0.29) is 6.10 Å². The van der Waals surface area contributed by atoms with Crippen LogP contribution in [0.3, 0.4) is 0 Å². The van der Waals surface area contributed by atoms with Gasteiger partial charge in [0, 0.05) is 24.8 Å². The molecule has 0 spiro atoms. The maximum atomic E-state index is 11.3. The zero-order valence-electron chi connectivity index (χ0n) is 17.2. The number of hydrogen-bond donors (Lipinski definition) is 1. The summed E-state index contributed by atoms with van der Waals surface area (Å²) in [6.45, 7) is 2.55. The quantitative estimate of drug-likeness (QED) is 0.714. The van der Waals surface area contributed by atoms with Crippen molar-refractivity contribution in [2.75, 3.05) is 19.8 Å². The van der Waals surface area contributed by atoms with Crippen molar-refractivity contribution < 1.29 is 19.3 Å². The van der Waals surface area contributed by atoms with Crippen LogP contribution >= 0.6 is 0 Å². The molecule has 1 aromatic carbocycles. The molecule has 4 heteroatoms. The fraction of sp³-hybridized carbons (Fsp3) is 0.760. The van der Waals surface area contributed by atoms with Gasteiger partial charge >= 0.3 is 0 Å². The van der Waals surface area contributed by atoms with E-state index in [4.69, 9.17) is 14.2 Å². The summed E-state index contributed by atoms with van der Waals surface area (Å²) in [7, 11) is 0. The van der Waals surface area contributed by atoms with Gasteiger partial charge in [-0.15, -0.1) is 0 Å². The third kappa shape index (κ3) is 3.14. The fourth-order valence-corrected chi connectivity index (χ4v) is 7.61. The van der Waals surface area contributed by atoms with Gasteiger partial charge in [-0.3, -0.25) is 0 Å². The average Bonchev–Trinajstić information content (AvgIpc) is 3.51. The highest BCUT2D eigenvalue weighted by Gasteiger charge is 2.53. The van der Waals surface area contributed by atoms with E-state index in [1.165, 1.54) is 49.7 Å². The van der Waals surface area contributed by atoms with Gasteiger partial charge in [-0.05, 0) is 78.4 Å². The Bertz CT molecular complexity index is 798. The Morgan fingerprint density at radius 3 is 1.76 bits per heavy atom. The molecule has 4 bridgehead atoms. The van der Waals surface area contributed by atoms with Crippen molar-refractivity contribution in [2.45, 2.75) is 81.5 Å². The molecule has 8 rings (SSSR count). The number of epoxide rings is 3. The Morgan fingerprint density at radius 2 is 1.24 bits per heavy atom. The van der Waals surface area contributed by atoms with Crippen LogP contribution in [-0.2, 0) is 38.9 Å². The van der Waals surface area contributed by atoms with E-state index < -0.39 is 0 Å². The normalized spacial score (nSPS) is 43.6. The zero-order valence-corrected chi connectivity index (χ0v) is 17.2. The average molecular weight is 397 g/mol. The van der Waals surface area contributed by atoms with E-state index in [2.05, 4.69) is 6.07 Å². The van der Waals surface area contributed by atoms with Crippen molar-refractivity contribution in [3.63, 3.8) is 0 Å². The second kappa shape index (κ2) is 6.21. The van der Waals surface area contributed by atoms with Crippen LogP contribution in [0.4, 0.5) is 0 Å². The molecule has 0 aromatic heterocycles. The van der Waals surface area contributed by atoms with Gasteiger partial charge in [0.15, 0.2) is 0 Å². The maximum absolute atomic E-state index is 11.3. The fourth-order valence-electron chi connectivity index (χ4n) is 7.61. The Labute approximate surface area is 172 Å². The molecule has 4 saturated carbocycles. The van der Waals surface area contributed by atoms with Gasteiger partial charge in [-0.25, -0.2) is 0 Å². The highest BCUT2D eigenvalue weighted by molar-refractivity contribution is 5.54. The van der Waals surface area contributed by atoms with E-state index in [0.717, 1.165) is 62.4 Å². The zero-order chi connectivity index (χ0) is 19.2. The number of benzene rings is 1. The van der Waals surface area contributed by atoms with Crippen LogP contribution in [0.15, 0.2) is 6.07 Å². The molecule has 156 valence electrons. The third-order valence-corrected chi connectivity index (χ3v) is 8.73. The first-order chi connectivity index (χ1) is 14.1. The van der Waals surface area contributed by atoms with Crippen molar-refractivity contribution in [3.8, 4) is 5.75 Å². The molecule has 7 aliphatic rings. The standard InChI is InChI=1S/C25H32O4/c26-24-17(4-18-11-27-18)5-23(21(6-19-12-28-19)22(24)7-20-13-29-20)25-8-14-1-15(9-25)3-16(2-14)10-25/h5,14-16,18-20,26H,1-4,6-13H2. The van der Waals surface area contributed by atoms with Crippen LogP contribution < -0.4 is 0 Å². The monoisotopic (exact) mass is 396 g/mol. The predicted molar refractivity (Wildman–Crippen MR) is 108 cm³/mol. The molecule has 3 aliphatic heterocycles. The van der Waals surface area contributed by atoms with E-state index >= 15 is 0 Å². The predicted octanol–water partition coefficient (Wildman–Crippen LogP) is 3.68. The number of hydrogen-bond acceptors (Lipinski definition) is 4. The minimum Gasteiger partial charge on any atom is -0.507 e. The molecule has 4 nitrogen and oxygen atoms in total. The van der Waals surface area contributed by atoms with Gasteiger partial charge < -0.3 is 19.3 Å². The second-order valence-corrected chi connectivity index (χ2v) is 11.1. The highest BCUT2D eigenvalue weighted by atomic mass is 16.6. The minimum absolute atomic E-state index is 0.288. The lowest BCUT2D eigenvalue weighted by Gasteiger charge is -2.57. The summed E-state index contributed by atoms with van der Waals surface area (Å²) >= 11 is 0. The molecule has 4 aliphatic carbocycles. The van der Waals surface area contributed by atoms with Crippen molar-refractivity contribution in [3.05, 3.63) is 28.3 Å². The molecule has 3 unspecified atom stereocenters. The molecule has 29 heavy (non-hydrogen) atoms. The first-order valence-corrected chi connectivity index (χ1v) is 11.9. The van der Waals surface area contributed by atoms with E-state index in [0.29, 0.717) is 23.4 Å². The SMILES string of the molecule is Oc1c(CC2CO2)cc(C23CC4CC(CC(C4)C2)C3)c(CC2CO2)c1CC1CO1. The minimum atomic E-state index is 0.288.